The number of anilines is 1. The highest BCUT2D eigenvalue weighted by Crippen LogP contribution is 2.33. The van der Waals surface area contributed by atoms with E-state index in [2.05, 4.69) is 5.32 Å². The fourth-order valence-corrected chi connectivity index (χ4v) is 2.93. The summed E-state index contributed by atoms with van der Waals surface area (Å²) in [6.45, 7) is 1.42. The topological polar surface area (TPSA) is 49.4 Å². The van der Waals surface area contributed by atoms with Gasteiger partial charge in [0.25, 0.3) is 0 Å². The fourth-order valence-electron chi connectivity index (χ4n) is 2.93. The Morgan fingerprint density at radius 2 is 1.80 bits per heavy atom. The van der Waals surface area contributed by atoms with Crippen LogP contribution < -0.4 is 5.32 Å². The molecule has 1 atom stereocenters. The van der Waals surface area contributed by atoms with Crippen LogP contribution in [-0.4, -0.2) is 16.7 Å². The first-order chi connectivity index (χ1) is 11.9. The Kier molecular flexibility index (Phi) is 4.61. The maximum atomic E-state index is 13.2. The number of carbonyl (C=O) groups excluding carboxylic acids is 2. The van der Waals surface area contributed by atoms with E-state index in [1.807, 2.05) is 30.3 Å². The number of benzene rings is 2. The molecule has 3 rings (SSSR count). The van der Waals surface area contributed by atoms with E-state index in [0.717, 1.165) is 29.3 Å². The highest BCUT2D eigenvalue weighted by atomic mass is 19.1. The van der Waals surface area contributed by atoms with Crippen LogP contribution >= 0.6 is 0 Å². The largest absolute Gasteiger partial charge is 0.326 e. The maximum Gasteiger partial charge on any atom is 0.226 e. The van der Waals surface area contributed by atoms with Crippen molar-refractivity contribution in [3.8, 4) is 0 Å². The van der Waals surface area contributed by atoms with Gasteiger partial charge >= 0.3 is 0 Å². The molecule has 1 aliphatic rings. The standard InChI is InChI=1S/C19H16F2N2O2/c1-12(24)23-7-6-13-4-2-3-5-17(13)18(23)11-19(25)22-16-9-14(20)8-15(21)10-16/h2-10,18H,11H2,1H3,(H,22,25). The summed E-state index contributed by atoms with van der Waals surface area (Å²) < 4.78 is 26.5. The summed E-state index contributed by atoms with van der Waals surface area (Å²) in [4.78, 5) is 25.7. The molecule has 128 valence electrons. The molecular formula is C19H16F2N2O2. The van der Waals surface area contributed by atoms with Crippen LogP contribution in [0.15, 0.2) is 48.7 Å². The molecule has 0 saturated carbocycles. The van der Waals surface area contributed by atoms with Crippen LogP contribution in [0, 0.1) is 11.6 Å². The summed E-state index contributed by atoms with van der Waals surface area (Å²) >= 11 is 0. The zero-order valence-corrected chi connectivity index (χ0v) is 13.5. The second-order valence-electron chi connectivity index (χ2n) is 5.80. The zero-order valence-electron chi connectivity index (χ0n) is 13.5. The Morgan fingerprint density at radius 1 is 1.12 bits per heavy atom. The molecule has 0 radical (unpaired) electrons. The number of halogens is 2. The van der Waals surface area contributed by atoms with Crippen molar-refractivity contribution in [2.24, 2.45) is 0 Å². The third kappa shape index (κ3) is 3.74. The smallest absolute Gasteiger partial charge is 0.226 e. The number of nitrogens with zero attached hydrogens (tertiary/aromatic N) is 1. The molecule has 4 nitrogen and oxygen atoms in total. The van der Waals surface area contributed by atoms with E-state index in [1.165, 1.54) is 11.8 Å². The molecule has 0 saturated heterocycles. The molecule has 1 unspecified atom stereocenters. The van der Waals surface area contributed by atoms with E-state index >= 15 is 0 Å². The summed E-state index contributed by atoms with van der Waals surface area (Å²) in [7, 11) is 0. The molecule has 25 heavy (non-hydrogen) atoms. The molecule has 0 aliphatic carbocycles. The number of amides is 2. The Hall–Kier alpha value is -3.02. The lowest BCUT2D eigenvalue weighted by molar-refractivity contribution is -0.129. The van der Waals surface area contributed by atoms with Crippen LogP contribution in [0.2, 0.25) is 0 Å². The van der Waals surface area contributed by atoms with Gasteiger partial charge in [-0.05, 0) is 29.3 Å². The van der Waals surface area contributed by atoms with Gasteiger partial charge in [-0.2, -0.15) is 0 Å². The number of fused-ring (bicyclic) bond motifs is 1. The highest BCUT2D eigenvalue weighted by Gasteiger charge is 2.28. The molecular weight excluding hydrogens is 326 g/mol. The van der Waals surface area contributed by atoms with Gasteiger partial charge in [-0.15, -0.1) is 0 Å². The van der Waals surface area contributed by atoms with E-state index in [9.17, 15) is 18.4 Å². The predicted octanol–water partition coefficient (Wildman–Crippen LogP) is 3.87. The van der Waals surface area contributed by atoms with Crippen molar-refractivity contribution in [2.75, 3.05) is 5.32 Å². The third-order valence-electron chi connectivity index (χ3n) is 3.99. The predicted molar refractivity (Wildman–Crippen MR) is 90.3 cm³/mol. The molecule has 2 aromatic carbocycles. The lowest BCUT2D eigenvalue weighted by Crippen LogP contribution is -2.33. The van der Waals surface area contributed by atoms with Gasteiger partial charge in [-0.1, -0.05) is 24.3 Å². The van der Waals surface area contributed by atoms with Gasteiger partial charge in [0.15, 0.2) is 0 Å². The second kappa shape index (κ2) is 6.84. The van der Waals surface area contributed by atoms with Crippen LogP contribution in [0.1, 0.15) is 30.5 Å². The van der Waals surface area contributed by atoms with Crippen molar-refractivity contribution in [3.63, 3.8) is 0 Å². The Balaban J connectivity index is 1.82. The molecule has 0 aromatic heterocycles. The molecule has 1 aliphatic heterocycles. The summed E-state index contributed by atoms with van der Waals surface area (Å²) in [5, 5.41) is 2.48. The highest BCUT2D eigenvalue weighted by molar-refractivity contribution is 5.92. The maximum absolute atomic E-state index is 13.2. The molecule has 6 heteroatoms. The third-order valence-corrected chi connectivity index (χ3v) is 3.99. The van der Waals surface area contributed by atoms with Crippen LogP contribution in [-0.2, 0) is 9.59 Å². The molecule has 2 aromatic rings. The van der Waals surface area contributed by atoms with Gasteiger partial charge in [0.2, 0.25) is 11.8 Å². The van der Waals surface area contributed by atoms with E-state index < -0.39 is 23.6 Å². The Labute approximate surface area is 143 Å². The molecule has 1 N–H and O–H groups in total. The summed E-state index contributed by atoms with van der Waals surface area (Å²) in [6, 6.07) is 9.80. The first kappa shape index (κ1) is 16.8. The van der Waals surface area contributed by atoms with Crippen molar-refractivity contribution < 1.29 is 18.4 Å². The van der Waals surface area contributed by atoms with Crippen LogP contribution in [0.25, 0.3) is 6.08 Å². The lowest BCUT2D eigenvalue weighted by Gasteiger charge is -2.32. The fraction of sp³-hybridized carbons (Fsp3) is 0.158. The van der Waals surface area contributed by atoms with Crippen molar-refractivity contribution in [1.82, 2.24) is 4.90 Å². The minimum absolute atomic E-state index is 0.0287. The van der Waals surface area contributed by atoms with Gasteiger partial charge in [0.05, 0.1) is 12.5 Å². The average Bonchev–Trinajstić information content (AvgIpc) is 2.53. The minimum Gasteiger partial charge on any atom is -0.326 e. The number of hydrogen-bond acceptors (Lipinski definition) is 2. The lowest BCUT2D eigenvalue weighted by atomic mass is 9.93. The Morgan fingerprint density at radius 3 is 2.48 bits per heavy atom. The SMILES string of the molecule is CC(=O)N1C=Cc2ccccc2C1CC(=O)Nc1cc(F)cc(F)c1. The summed E-state index contributed by atoms with van der Waals surface area (Å²) in [5.41, 5.74) is 1.81. The van der Waals surface area contributed by atoms with Crippen LogP contribution in [0.5, 0.6) is 0 Å². The molecule has 2 amide bonds. The van der Waals surface area contributed by atoms with Gasteiger partial charge < -0.3 is 10.2 Å². The van der Waals surface area contributed by atoms with Gasteiger partial charge in [0.1, 0.15) is 11.6 Å². The van der Waals surface area contributed by atoms with Crippen LogP contribution in [0.3, 0.4) is 0 Å². The number of rotatable bonds is 3. The normalized spacial score (nSPS) is 15.6. The van der Waals surface area contributed by atoms with Crippen molar-refractivity contribution in [1.29, 1.82) is 0 Å². The average molecular weight is 342 g/mol. The molecule has 1 heterocycles. The summed E-state index contributed by atoms with van der Waals surface area (Å²) in [5.74, 6) is -2.18. The number of hydrogen-bond donors (Lipinski definition) is 1. The van der Waals surface area contributed by atoms with Crippen molar-refractivity contribution in [3.05, 3.63) is 71.4 Å². The second-order valence-corrected chi connectivity index (χ2v) is 5.80. The van der Waals surface area contributed by atoms with Gasteiger partial charge in [0, 0.05) is 24.9 Å². The first-order valence-electron chi connectivity index (χ1n) is 7.76. The van der Waals surface area contributed by atoms with E-state index in [-0.39, 0.29) is 18.0 Å². The summed E-state index contributed by atoms with van der Waals surface area (Å²) in [6.07, 6.45) is 3.43. The monoisotopic (exact) mass is 342 g/mol. The number of nitrogens with one attached hydrogen (secondary N) is 1. The Bertz CT molecular complexity index is 844. The van der Waals surface area contributed by atoms with E-state index in [4.69, 9.17) is 0 Å². The quantitative estimate of drug-likeness (QED) is 0.921. The number of carbonyl (C=O) groups is 2. The van der Waals surface area contributed by atoms with E-state index in [0.29, 0.717) is 0 Å². The van der Waals surface area contributed by atoms with Crippen molar-refractivity contribution >= 4 is 23.6 Å². The van der Waals surface area contributed by atoms with Gasteiger partial charge in [-0.3, -0.25) is 9.59 Å². The van der Waals surface area contributed by atoms with Crippen LogP contribution in [0.4, 0.5) is 14.5 Å². The first-order valence-corrected chi connectivity index (χ1v) is 7.76. The van der Waals surface area contributed by atoms with Gasteiger partial charge in [-0.25, -0.2) is 8.78 Å². The molecule has 0 bridgehead atoms. The minimum atomic E-state index is -0.772. The van der Waals surface area contributed by atoms with E-state index in [1.54, 1.807) is 6.20 Å². The molecule has 0 fully saturated rings. The zero-order chi connectivity index (χ0) is 18.0. The van der Waals surface area contributed by atoms with Crippen molar-refractivity contribution in [2.45, 2.75) is 19.4 Å². The molecule has 0 spiro atoms.